The van der Waals surface area contributed by atoms with Gasteiger partial charge in [-0.05, 0) is 25.2 Å². The van der Waals surface area contributed by atoms with Gasteiger partial charge in [0.15, 0.2) is 0 Å². The number of nitrogens with one attached hydrogen (secondary N) is 1. The fraction of sp³-hybridized carbons (Fsp3) is 0.538. The van der Waals surface area contributed by atoms with E-state index >= 15 is 0 Å². The predicted molar refractivity (Wildman–Crippen MR) is 80.9 cm³/mol. The maximum atomic E-state index is 11.9. The molecule has 1 rings (SSSR count). The van der Waals surface area contributed by atoms with E-state index in [4.69, 9.17) is 5.11 Å². The number of hydrogen-bond acceptors (Lipinski definition) is 4. The Kier molecular flexibility index (Phi) is 6.85. The van der Waals surface area contributed by atoms with Crippen LogP contribution in [0.4, 0.5) is 0 Å². The summed E-state index contributed by atoms with van der Waals surface area (Å²) in [6.07, 6.45) is 2.35. The van der Waals surface area contributed by atoms with Crippen molar-refractivity contribution in [2.45, 2.75) is 24.6 Å². The number of rotatable bonds is 8. The predicted octanol–water partition coefficient (Wildman–Crippen LogP) is 1.26. The Labute approximate surface area is 119 Å². The Morgan fingerprint density at radius 3 is 2.47 bits per heavy atom. The van der Waals surface area contributed by atoms with Crippen molar-refractivity contribution in [3.63, 3.8) is 0 Å². The highest BCUT2D eigenvalue weighted by atomic mass is 32.2. The molecule has 19 heavy (non-hydrogen) atoms. The largest absolute Gasteiger partial charge is 0.395 e. The van der Waals surface area contributed by atoms with Gasteiger partial charge in [-0.2, -0.15) is 11.8 Å². The summed E-state index contributed by atoms with van der Waals surface area (Å²) >= 11 is 1.46. The second-order valence-electron chi connectivity index (χ2n) is 4.42. The molecule has 0 spiro atoms. The topological polar surface area (TPSA) is 66.4 Å². The summed E-state index contributed by atoms with van der Waals surface area (Å²) in [5, 5.41) is 9.03. The summed E-state index contributed by atoms with van der Waals surface area (Å²) in [7, 11) is -3.32. The first-order valence-electron chi connectivity index (χ1n) is 6.16. The fourth-order valence-electron chi connectivity index (χ4n) is 1.75. The van der Waals surface area contributed by atoms with Gasteiger partial charge in [-0.3, -0.25) is 0 Å². The lowest BCUT2D eigenvalue weighted by Crippen LogP contribution is -2.42. The number of benzene rings is 1. The van der Waals surface area contributed by atoms with Gasteiger partial charge < -0.3 is 5.11 Å². The van der Waals surface area contributed by atoms with Crippen molar-refractivity contribution in [1.29, 1.82) is 0 Å². The molecule has 0 aliphatic rings. The van der Waals surface area contributed by atoms with E-state index in [-0.39, 0.29) is 23.7 Å². The Morgan fingerprint density at radius 2 is 1.95 bits per heavy atom. The van der Waals surface area contributed by atoms with Crippen LogP contribution in [0.1, 0.15) is 12.5 Å². The van der Waals surface area contributed by atoms with Gasteiger partial charge >= 0.3 is 0 Å². The quantitative estimate of drug-likeness (QED) is 0.759. The van der Waals surface area contributed by atoms with Crippen LogP contribution in [0.15, 0.2) is 30.3 Å². The van der Waals surface area contributed by atoms with Crippen LogP contribution in [-0.4, -0.2) is 43.4 Å². The van der Waals surface area contributed by atoms with Crippen molar-refractivity contribution in [3.05, 3.63) is 35.9 Å². The van der Waals surface area contributed by atoms with E-state index in [1.807, 2.05) is 36.6 Å². The smallest absolute Gasteiger partial charge is 0.212 e. The summed E-state index contributed by atoms with van der Waals surface area (Å²) in [6.45, 7) is 1.74. The second kappa shape index (κ2) is 7.89. The molecular formula is C13H21NO3S2. The number of aliphatic hydroxyl groups excluding tert-OH is 1. The summed E-state index contributed by atoms with van der Waals surface area (Å²) in [4.78, 5) is 0. The molecule has 0 radical (unpaired) electrons. The van der Waals surface area contributed by atoms with Crippen LogP contribution >= 0.6 is 11.8 Å². The van der Waals surface area contributed by atoms with Crippen molar-refractivity contribution in [2.75, 3.05) is 18.6 Å². The van der Waals surface area contributed by atoms with Gasteiger partial charge in [0.2, 0.25) is 10.0 Å². The maximum Gasteiger partial charge on any atom is 0.212 e. The minimum absolute atomic E-state index is 0.0382. The summed E-state index contributed by atoms with van der Waals surface area (Å²) in [6, 6.07) is 9.25. The molecule has 2 atom stereocenters. The Bertz CT molecular complexity index is 458. The maximum absolute atomic E-state index is 11.9. The zero-order valence-electron chi connectivity index (χ0n) is 11.2. The molecule has 1 aromatic carbocycles. The van der Waals surface area contributed by atoms with Gasteiger partial charge in [0, 0.05) is 11.3 Å². The molecule has 0 bridgehead atoms. The van der Waals surface area contributed by atoms with Gasteiger partial charge in [0.1, 0.15) is 0 Å². The molecule has 0 aromatic heterocycles. The lowest BCUT2D eigenvalue weighted by Gasteiger charge is -2.21. The standard InChI is InChI=1S/C13H21NO3S2/c1-11(13(10-15)18-2)14-19(16,17)9-8-12-6-4-3-5-7-12/h3-7,11,13-15H,8-10H2,1-2H3. The zero-order chi connectivity index (χ0) is 14.3. The zero-order valence-corrected chi connectivity index (χ0v) is 12.9. The molecule has 1 aromatic rings. The van der Waals surface area contributed by atoms with Crippen molar-refractivity contribution in [3.8, 4) is 0 Å². The molecule has 0 amide bonds. The third-order valence-electron chi connectivity index (χ3n) is 2.91. The molecule has 0 saturated carbocycles. The number of hydrogen-bond donors (Lipinski definition) is 2. The monoisotopic (exact) mass is 303 g/mol. The highest BCUT2D eigenvalue weighted by Crippen LogP contribution is 2.11. The van der Waals surface area contributed by atoms with Crippen LogP contribution in [0.5, 0.6) is 0 Å². The molecule has 6 heteroatoms. The van der Waals surface area contributed by atoms with Gasteiger partial charge in [-0.15, -0.1) is 0 Å². The second-order valence-corrected chi connectivity index (χ2v) is 7.37. The van der Waals surface area contributed by atoms with Crippen molar-refractivity contribution >= 4 is 21.8 Å². The third kappa shape index (κ3) is 5.95. The molecule has 108 valence electrons. The summed E-state index contributed by atoms with van der Waals surface area (Å²) in [5.41, 5.74) is 1.00. The minimum atomic E-state index is -3.32. The lowest BCUT2D eigenvalue weighted by atomic mass is 10.2. The van der Waals surface area contributed by atoms with Gasteiger partial charge in [0.05, 0.1) is 12.4 Å². The number of thioether (sulfide) groups is 1. The van der Waals surface area contributed by atoms with Gasteiger partial charge in [0.25, 0.3) is 0 Å². The minimum Gasteiger partial charge on any atom is -0.395 e. The van der Waals surface area contributed by atoms with Crippen molar-refractivity contribution in [2.24, 2.45) is 0 Å². The van der Waals surface area contributed by atoms with Crippen LogP contribution in [0.25, 0.3) is 0 Å². The highest BCUT2D eigenvalue weighted by molar-refractivity contribution is 7.99. The van der Waals surface area contributed by atoms with Crippen LogP contribution < -0.4 is 4.72 Å². The normalized spacial score (nSPS) is 15.1. The van der Waals surface area contributed by atoms with Gasteiger partial charge in [-0.25, -0.2) is 13.1 Å². The number of aliphatic hydroxyl groups is 1. The van der Waals surface area contributed by atoms with Crippen LogP contribution in [0, 0.1) is 0 Å². The number of aryl methyl sites for hydroxylation is 1. The Hall–Kier alpha value is -0.560. The third-order valence-corrected chi connectivity index (χ3v) is 5.54. The van der Waals surface area contributed by atoms with Crippen LogP contribution in [0.2, 0.25) is 0 Å². The molecule has 0 fully saturated rings. The average molecular weight is 303 g/mol. The van der Waals surface area contributed by atoms with Crippen molar-refractivity contribution in [1.82, 2.24) is 4.72 Å². The average Bonchev–Trinajstić information content (AvgIpc) is 2.38. The van der Waals surface area contributed by atoms with E-state index in [2.05, 4.69) is 4.72 Å². The SMILES string of the molecule is CSC(CO)C(C)NS(=O)(=O)CCc1ccccc1. The summed E-state index contributed by atoms with van der Waals surface area (Å²) in [5.74, 6) is 0.0634. The number of sulfonamides is 1. The van der Waals surface area contributed by atoms with E-state index in [9.17, 15) is 8.42 Å². The first-order chi connectivity index (χ1) is 8.98. The Balaban J connectivity index is 2.52. The van der Waals surface area contributed by atoms with E-state index in [0.717, 1.165) is 5.56 Å². The van der Waals surface area contributed by atoms with Gasteiger partial charge in [-0.1, -0.05) is 30.3 Å². The van der Waals surface area contributed by atoms with Crippen LogP contribution in [-0.2, 0) is 16.4 Å². The fourth-order valence-corrected chi connectivity index (χ4v) is 3.82. The lowest BCUT2D eigenvalue weighted by molar-refractivity contribution is 0.282. The molecule has 2 N–H and O–H groups in total. The molecular weight excluding hydrogens is 282 g/mol. The molecule has 2 unspecified atom stereocenters. The molecule has 0 aliphatic heterocycles. The molecule has 0 saturated heterocycles. The molecule has 4 nitrogen and oxygen atoms in total. The van der Waals surface area contributed by atoms with E-state index in [1.165, 1.54) is 11.8 Å². The molecule has 0 heterocycles. The summed E-state index contributed by atoms with van der Waals surface area (Å²) < 4.78 is 26.5. The Morgan fingerprint density at radius 1 is 1.32 bits per heavy atom. The first kappa shape index (κ1) is 16.5. The highest BCUT2D eigenvalue weighted by Gasteiger charge is 2.21. The van der Waals surface area contributed by atoms with Crippen molar-refractivity contribution < 1.29 is 13.5 Å². The first-order valence-corrected chi connectivity index (χ1v) is 9.10. The van der Waals surface area contributed by atoms with E-state index in [1.54, 1.807) is 6.92 Å². The van der Waals surface area contributed by atoms with Crippen LogP contribution in [0.3, 0.4) is 0 Å². The van der Waals surface area contributed by atoms with E-state index in [0.29, 0.717) is 6.42 Å². The molecule has 0 aliphatic carbocycles. The van der Waals surface area contributed by atoms with E-state index < -0.39 is 10.0 Å².